The fraction of sp³-hybridized carbons (Fsp3) is 0.846. The van der Waals surface area contributed by atoms with Crippen molar-refractivity contribution in [2.75, 3.05) is 13.1 Å². The topological polar surface area (TPSA) is 86.6 Å². The third-order valence-electron chi connectivity index (χ3n) is 3.14. The number of carbonyl (C=O) groups is 2. The summed E-state index contributed by atoms with van der Waals surface area (Å²) in [7, 11) is 0. The van der Waals surface area contributed by atoms with Gasteiger partial charge in [0.05, 0.1) is 12.3 Å². The molecule has 0 fully saturated rings. The Morgan fingerprint density at radius 3 is 2.28 bits per heavy atom. The maximum atomic E-state index is 10.8. The maximum absolute atomic E-state index is 10.8. The Bertz CT molecular complexity index is 255. The van der Waals surface area contributed by atoms with Gasteiger partial charge in [-0.25, -0.2) is 0 Å². The molecule has 5 nitrogen and oxygen atoms in total. The summed E-state index contributed by atoms with van der Waals surface area (Å²) in [6, 6.07) is 0. The highest BCUT2D eigenvalue weighted by Crippen LogP contribution is 2.11. The third-order valence-corrected chi connectivity index (χ3v) is 3.14. The monoisotopic (exact) mass is 259 g/mol. The summed E-state index contributed by atoms with van der Waals surface area (Å²) in [6.07, 6.45) is 4.21. The zero-order valence-electron chi connectivity index (χ0n) is 11.3. The van der Waals surface area contributed by atoms with Crippen LogP contribution in [0.3, 0.4) is 0 Å². The van der Waals surface area contributed by atoms with E-state index in [-0.39, 0.29) is 13.0 Å². The molecule has 0 rings (SSSR count). The van der Waals surface area contributed by atoms with Crippen LogP contribution in [0.1, 0.15) is 46.0 Å². The third kappa shape index (κ3) is 8.06. The summed E-state index contributed by atoms with van der Waals surface area (Å²) >= 11 is 0. The van der Waals surface area contributed by atoms with Crippen molar-refractivity contribution >= 4 is 11.9 Å². The van der Waals surface area contributed by atoms with Crippen molar-refractivity contribution in [3.63, 3.8) is 0 Å². The molecule has 0 aromatic heterocycles. The molecule has 0 aromatic rings. The summed E-state index contributed by atoms with van der Waals surface area (Å²) in [6.45, 7) is 5.26. The first-order valence-electron chi connectivity index (χ1n) is 6.66. The molecule has 5 heteroatoms. The van der Waals surface area contributed by atoms with Crippen LogP contribution in [0.4, 0.5) is 0 Å². The number of unbranched alkanes of at least 4 members (excludes halogenated alkanes) is 1. The molecular weight excluding hydrogens is 234 g/mol. The standard InChI is InChI=1S/C13H25NO4/c1-3-5-6-10(4-2)8-14-9-11(13(17)18)7-12(15)16/h10-11,14H,3-9H2,1-2H3,(H,15,16)(H,17,18). The molecule has 0 saturated heterocycles. The van der Waals surface area contributed by atoms with Gasteiger partial charge in [-0.15, -0.1) is 0 Å². The zero-order valence-corrected chi connectivity index (χ0v) is 11.3. The molecule has 0 spiro atoms. The number of rotatable bonds is 11. The molecule has 0 bridgehead atoms. The number of carboxylic acids is 2. The number of nitrogens with one attached hydrogen (secondary N) is 1. The van der Waals surface area contributed by atoms with E-state index in [0.29, 0.717) is 5.92 Å². The van der Waals surface area contributed by atoms with E-state index >= 15 is 0 Å². The van der Waals surface area contributed by atoms with E-state index in [1.54, 1.807) is 0 Å². The molecule has 2 atom stereocenters. The second-order valence-electron chi connectivity index (χ2n) is 4.71. The Kier molecular flexibility index (Phi) is 9.28. The van der Waals surface area contributed by atoms with Crippen molar-refractivity contribution in [1.82, 2.24) is 5.32 Å². The highest BCUT2D eigenvalue weighted by Gasteiger charge is 2.20. The van der Waals surface area contributed by atoms with Crippen molar-refractivity contribution in [1.29, 1.82) is 0 Å². The summed E-state index contributed by atoms with van der Waals surface area (Å²) in [5.41, 5.74) is 0. The lowest BCUT2D eigenvalue weighted by molar-refractivity contribution is -0.148. The van der Waals surface area contributed by atoms with E-state index in [2.05, 4.69) is 19.2 Å². The predicted octanol–water partition coefficient (Wildman–Crippen LogP) is 1.97. The molecule has 3 N–H and O–H groups in total. The minimum atomic E-state index is -1.07. The van der Waals surface area contributed by atoms with Crippen LogP contribution >= 0.6 is 0 Å². The number of hydrogen-bond acceptors (Lipinski definition) is 3. The highest BCUT2D eigenvalue weighted by molar-refractivity contribution is 5.77. The van der Waals surface area contributed by atoms with Gasteiger partial charge in [-0.05, 0) is 18.9 Å². The second-order valence-corrected chi connectivity index (χ2v) is 4.71. The van der Waals surface area contributed by atoms with Crippen LogP contribution in [-0.2, 0) is 9.59 Å². The SMILES string of the molecule is CCCCC(CC)CNCC(CC(=O)O)C(=O)O. The van der Waals surface area contributed by atoms with Crippen LogP contribution in [0.5, 0.6) is 0 Å². The van der Waals surface area contributed by atoms with Crippen LogP contribution in [-0.4, -0.2) is 35.2 Å². The van der Waals surface area contributed by atoms with Gasteiger partial charge in [-0.3, -0.25) is 9.59 Å². The van der Waals surface area contributed by atoms with E-state index in [4.69, 9.17) is 10.2 Å². The minimum absolute atomic E-state index is 0.226. The van der Waals surface area contributed by atoms with Crippen molar-refractivity contribution in [3.05, 3.63) is 0 Å². The highest BCUT2D eigenvalue weighted by atomic mass is 16.4. The van der Waals surface area contributed by atoms with Gasteiger partial charge >= 0.3 is 11.9 Å². The van der Waals surface area contributed by atoms with Crippen molar-refractivity contribution in [2.45, 2.75) is 46.0 Å². The first kappa shape index (κ1) is 16.9. The lowest BCUT2D eigenvalue weighted by Crippen LogP contribution is -2.33. The number of hydrogen-bond donors (Lipinski definition) is 3. The van der Waals surface area contributed by atoms with E-state index in [0.717, 1.165) is 25.8 Å². The molecule has 0 radical (unpaired) electrons. The summed E-state index contributed by atoms with van der Waals surface area (Å²) in [4.78, 5) is 21.4. The fourth-order valence-electron chi connectivity index (χ4n) is 1.86. The quantitative estimate of drug-likeness (QED) is 0.528. The number of carboxylic acid groups (broad SMARTS) is 2. The second kappa shape index (κ2) is 9.88. The van der Waals surface area contributed by atoms with E-state index in [1.807, 2.05) is 0 Å². The maximum Gasteiger partial charge on any atom is 0.308 e. The Labute approximate surface area is 109 Å². The Hall–Kier alpha value is -1.10. The molecule has 2 unspecified atom stereocenters. The van der Waals surface area contributed by atoms with E-state index in [9.17, 15) is 9.59 Å². The van der Waals surface area contributed by atoms with Crippen molar-refractivity contribution < 1.29 is 19.8 Å². The van der Waals surface area contributed by atoms with Crippen LogP contribution < -0.4 is 5.32 Å². The van der Waals surface area contributed by atoms with Gasteiger partial charge in [0.2, 0.25) is 0 Å². The molecule has 0 aliphatic rings. The molecule has 0 saturated carbocycles. The largest absolute Gasteiger partial charge is 0.481 e. The number of aliphatic carboxylic acids is 2. The molecule has 18 heavy (non-hydrogen) atoms. The Morgan fingerprint density at radius 2 is 1.83 bits per heavy atom. The molecule has 0 amide bonds. The normalized spacial score (nSPS) is 14.1. The molecular formula is C13H25NO4. The van der Waals surface area contributed by atoms with Crippen molar-refractivity contribution in [2.24, 2.45) is 11.8 Å². The predicted molar refractivity (Wildman–Crippen MR) is 69.6 cm³/mol. The van der Waals surface area contributed by atoms with Gasteiger partial charge in [-0.1, -0.05) is 33.1 Å². The van der Waals surface area contributed by atoms with Crippen LogP contribution in [0.25, 0.3) is 0 Å². The van der Waals surface area contributed by atoms with Gasteiger partial charge in [-0.2, -0.15) is 0 Å². The zero-order chi connectivity index (χ0) is 14.0. The summed E-state index contributed by atoms with van der Waals surface area (Å²) in [5.74, 6) is -2.41. The minimum Gasteiger partial charge on any atom is -0.481 e. The average molecular weight is 259 g/mol. The smallest absolute Gasteiger partial charge is 0.308 e. The van der Waals surface area contributed by atoms with Gasteiger partial charge in [0.25, 0.3) is 0 Å². The van der Waals surface area contributed by atoms with Crippen molar-refractivity contribution in [3.8, 4) is 0 Å². The fourth-order valence-corrected chi connectivity index (χ4v) is 1.86. The molecule has 106 valence electrons. The average Bonchev–Trinajstić information content (AvgIpc) is 2.31. The Morgan fingerprint density at radius 1 is 1.17 bits per heavy atom. The van der Waals surface area contributed by atoms with Crippen LogP contribution in [0, 0.1) is 11.8 Å². The molecule has 0 aliphatic carbocycles. The van der Waals surface area contributed by atoms with Gasteiger partial charge in [0.15, 0.2) is 0 Å². The first-order valence-corrected chi connectivity index (χ1v) is 6.66. The molecule has 0 heterocycles. The van der Waals surface area contributed by atoms with E-state index < -0.39 is 17.9 Å². The summed E-state index contributed by atoms with van der Waals surface area (Å²) in [5, 5.41) is 20.6. The summed E-state index contributed by atoms with van der Waals surface area (Å²) < 4.78 is 0. The Balaban J connectivity index is 3.95. The van der Waals surface area contributed by atoms with Gasteiger partial charge in [0.1, 0.15) is 0 Å². The van der Waals surface area contributed by atoms with Crippen LogP contribution in [0.15, 0.2) is 0 Å². The van der Waals surface area contributed by atoms with E-state index in [1.165, 1.54) is 6.42 Å². The van der Waals surface area contributed by atoms with Crippen LogP contribution in [0.2, 0.25) is 0 Å². The molecule has 0 aromatic carbocycles. The van der Waals surface area contributed by atoms with Gasteiger partial charge in [0, 0.05) is 6.54 Å². The first-order chi connectivity index (χ1) is 8.51. The molecule has 0 aliphatic heterocycles. The lowest BCUT2D eigenvalue weighted by Gasteiger charge is -2.17. The lowest BCUT2D eigenvalue weighted by atomic mass is 9.99. The van der Waals surface area contributed by atoms with Gasteiger partial charge < -0.3 is 15.5 Å².